The molecule has 44 heavy (non-hydrogen) atoms. The topological polar surface area (TPSA) is 83.4 Å². The largest absolute Gasteiger partial charge is 0.369 e. The third-order valence-corrected chi connectivity index (χ3v) is 10.3. The molecule has 2 saturated heterocycles. The van der Waals surface area contributed by atoms with Gasteiger partial charge in [-0.15, -0.1) is 0 Å². The summed E-state index contributed by atoms with van der Waals surface area (Å²) in [5.41, 5.74) is 7.25. The second-order valence-corrected chi connectivity index (χ2v) is 12.8. The van der Waals surface area contributed by atoms with Gasteiger partial charge in [0, 0.05) is 59.8 Å². The van der Waals surface area contributed by atoms with E-state index in [2.05, 4.69) is 51.3 Å². The lowest BCUT2D eigenvalue weighted by Gasteiger charge is -2.38. The molecule has 0 saturated carbocycles. The molecule has 8 rings (SSSR count). The summed E-state index contributed by atoms with van der Waals surface area (Å²) in [6.07, 6.45) is 8.61. The monoisotopic (exact) mass is 586 g/mol. The summed E-state index contributed by atoms with van der Waals surface area (Å²) >= 11 is 0. The van der Waals surface area contributed by atoms with E-state index in [1.165, 1.54) is 30.6 Å². The SMILES string of the molecule is CC1=C(c2cc3cnc(Nc4ccc(N5CCN6CCCC6C5)cc4)nc3n(C3CCc4ccccc4C3=O)c2=O)CCC1. The molecule has 2 aliphatic heterocycles. The molecule has 4 heterocycles. The van der Waals surface area contributed by atoms with Crippen molar-refractivity contribution in [2.75, 3.05) is 36.4 Å². The molecule has 1 N–H and O–H groups in total. The standard InChI is InChI=1S/C36H38N6O2/c1-23-6-4-10-29(23)31-20-25-21-37-36(38-26-12-14-27(15-13-26)41-19-18-40-17-5-8-28(40)22-41)39-34(25)42(35(31)44)32-16-11-24-7-2-3-9-30(24)33(32)43/h2-3,7,9,12-15,20-21,28,32H,4-6,8,10-11,16-19,22H2,1H3,(H,37,38,39). The third kappa shape index (κ3) is 4.72. The molecule has 2 aromatic carbocycles. The number of aromatic nitrogens is 3. The number of nitrogens with zero attached hydrogens (tertiary/aromatic N) is 5. The Labute approximate surface area is 257 Å². The highest BCUT2D eigenvalue weighted by Gasteiger charge is 2.33. The third-order valence-electron chi connectivity index (χ3n) is 10.3. The molecule has 0 amide bonds. The van der Waals surface area contributed by atoms with Crippen LogP contribution in [-0.2, 0) is 6.42 Å². The van der Waals surface area contributed by atoms with Crippen LogP contribution in [0.5, 0.6) is 0 Å². The first-order chi connectivity index (χ1) is 21.5. The van der Waals surface area contributed by atoms with Crippen LogP contribution in [-0.4, -0.2) is 57.4 Å². The van der Waals surface area contributed by atoms with E-state index in [1.807, 2.05) is 30.3 Å². The van der Waals surface area contributed by atoms with Crippen molar-refractivity contribution in [3.8, 4) is 0 Å². The summed E-state index contributed by atoms with van der Waals surface area (Å²) in [4.78, 5) is 42.8. The zero-order chi connectivity index (χ0) is 29.8. The van der Waals surface area contributed by atoms with Gasteiger partial charge < -0.3 is 10.2 Å². The van der Waals surface area contributed by atoms with Crippen LogP contribution in [0.3, 0.4) is 0 Å². The second-order valence-electron chi connectivity index (χ2n) is 12.8. The highest BCUT2D eigenvalue weighted by molar-refractivity contribution is 6.02. The maximum absolute atomic E-state index is 14.3. The van der Waals surface area contributed by atoms with Gasteiger partial charge in [0.25, 0.3) is 5.56 Å². The molecule has 2 aliphatic carbocycles. The molecule has 2 atom stereocenters. The van der Waals surface area contributed by atoms with Crippen molar-refractivity contribution in [3.05, 3.63) is 93.4 Å². The maximum atomic E-state index is 14.3. The Morgan fingerprint density at radius 3 is 2.59 bits per heavy atom. The van der Waals surface area contributed by atoms with Crippen LogP contribution in [0.1, 0.15) is 73.0 Å². The Morgan fingerprint density at radius 1 is 0.886 bits per heavy atom. The van der Waals surface area contributed by atoms with E-state index in [1.54, 1.807) is 10.8 Å². The van der Waals surface area contributed by atoms with Crippen molar-refractivity contribution in [3.63, 3.8) is 0 Å². The van der Waals surface area contributed by atoms with Crippen LogP contribution in [0.15, 0.2) is 71.2 Å². The van der Waals surface area contributed by atoms with Gasteiger partial charge in [-0.2, -0.15) is 4.98 Å². The molecule has 0 bridgehead atoms. The normalized spacial score (nSPS) is 22.0. The number of allylic oxidation sites excluding steroid dienone is 2. The Balaban J connectivity index is 1.14. The fourth-order valence-corrected chi connectivity index (χ4v) is 7.88. The lowest BCUT2D eigenvalue weighted by atomic mass is 9.86. The van der Waals surface area contributed by atoms with Crippen molar-refractivity contribution in [1.29, 1.82) is 0 Å². The van der Waals surface area contributed by atoms with Crippen molar-refractivity contribution >= 4 is 39.7 Å². The number of Topliss-reactive ketones (excluding diaryl/α,β-unsaturated/α-hetero) is 1. The highest BCUT2D eigenvalue weighted by atomic mass is 16.1. The molecule has 4 aliphatic rings. The van der Waals surface area contributed by atoms with E-state index < -0.39 is 6.04 Å². The number of anilines is 3. The summed E-state index contributed by atoms with van der Waals surface area (Å²) in [6.45, 7) is 6.62. The van der Waals surface area contributed by atoms with Crippen molar-refractivity contribution in [2.45, 2.75) is 64.0 Å². The smallest absolute Gasteiger partial charge is 0.260 e. The number of carbonyl (C=O) groups excluding carboxylic acids is 1. The van der Waals surface area contributed by atoms with Gasteiger partial charge in [0.05, 0.1) is 0 Å². The molecule has 4 aromatic rings. The number of benzene rings is 2. The number of fused-ring (bicyclic) bond motifs is 3. The van der Waals surface area contributed by atoms with Gasteiger partial charge in [-0.05, 0) is 99.9 Å². The van der Waals surface area contributed by atoms with E-state index in [4.69, 9.17) is 4.98 Å². The number of nitrogens with one attached hydrogen (secondary N) is 1. The van der Waals surface area contributed by atoms with Crippen LogP contribution in [0, 0.1) is 0 Å². The Hall–Kier alpha value is -4.30. The van der Waals surface area contributed by atoms with Crippen LogP contribution in [0.2, 0.25) is 0 Å². The number of piperazine rings is 1. The Morgan fingerprint density at radius 2 is 1.75 bits per heavy atom. The summed E-state index contributed by atoms with van der Waals surface area (Å²) in [6, 6.07) is 18.2. The summed E-state index contributed by atoms with van der Waals surface area (Å²) in [5, 5.41) is 4.13. The van der Waals surface area contributed by atoms with Gasteiger partial charge in [-0.1, -0.05) is 29.8 Å². The molecule has 2 aromatic heterocycles. The minimum atomic E-state index is -0.607. The van der Waals surface area contributed by atoms with E-state index in [-0.39, 0.29) is 11.3 Å². The molecular weight excluding hydrogens is 548 g/mol. The number of hydrogen-bond acceptors (Lipinski definition) is 7. The number of aryl methyl sites for hydroxylation is 1. The zero-order valence-electron chi connectivity index (χ0n) is 25.3. The zero-order valence-corrected chi connectivity index (χ0v) is 25.3. The number of rotatable bonds is 5. The van der Waals surface area contributed by atoms with Crippen LogP contribution in [0.25, 0.3) is 16.6 Å². The molecule has 224 valence electrons. The van der Waals surface area contributed by atoms with Crippen LogP contribution >= 0.6 is 0 Å². The van der Waals surface area contributed by atoms with Crippen molar-refractivity contribution < 1.29 is 4.79 Å². The van der Waals surface area contributed by atoms with Gasteiger partial charge in [-0.3, -0.25) is 19.1 Å². The second kappa shape index (κ2) is 11.0. The molecule has 0 spiro atoms. The number of hydrogen-bond donors (Lipinski definition) is 1. The van der Waals surface area contributed by atoms with Gasteiger partial charge in [0.2, 0.25) is 5.95 Å². The lowest BCUT2D eigenvalue weighted by molar-refractivity contribution is 0.0908. The van der Waals surface area contributed by atoms with E-state index in [9.17, 15) is 9.59 Å². The van der Waals surface area contributed by atoms with Gasteiger partial charge in [0.1, 0.15) is 11.7 Å². The predicted molar refractivity (Wildman–Crippen MR) is 175 cm³/mol. The van der Waals surface area contributed by atoms with Crippen molar-refractivity contribution in [2.24, 2.45) is 0 Å². The molecular formula is C36H38N6O2. The van der Waals surface area contributed by atoms with Gasteiger partial charge in [0.15, 0.2) is 5.78 Å². The average Bonchev–Trinajstić information content (AvgIpc) is 3.70. The number of pyridine rings is 1. The first-order valence-electron chi connectivity index (χ1n) is 16.1. The molecule has 8 nitrogen and oxygen atoms in total. The minimum Gasteiger partial charge on any atom is -0.369 e. The van der Waals surface area contributed by atoms with E-state index >= 15 is 0 Å². The number of ketones is 1. The first kappa shape index (κ1) is 27.3. The fraction of sp³-hybridized carbons (Fsp3) is 0.389. The van der Waals surface area contributed by atoms with E-state index in [0.717, 1.165) is 67.5 Å². The Bertz CT molecular complexity index is 1860. The number of carbonyl (C=O) groups is 1. The molecule has 0 radical (unpaired) electrons. The minimum absolute atomic E-state index is 0.0216. The van der Waals surface area contributed by atoms with Gasteiger partial charge >= 0.3 is 0 Å². The van der Waals surface area contributed by atoms with Crippen LogP contribution < -0.4 is 15.8 Å². The van der Waals surface area contributed by atoms with E-state index in [0.29, 0.717) is 35.2 Å². The first-order valence-corrected chi connectivity index (χ1v) is 16.1. The molecule has 2 fully saturated rings. The summed E-state index contributed by atoms with van der Waals surface area (Å²) < 4.78 is 1.67. The molecule has 2 unspecified atom stereocenters. The predicted octanol–water partition coefficient (Wildman–Crippen LogP) is 6.15. The summed E-state index contributed by atoms with van der Waals surface area (Å²) in [5.74, 6) is 0.386. The maximum Gasteiger partial charge on any atom is 0.260 e. The quantitative estimate of drug-likeness (QED) is 0.301. The average molecular weight is 587 g/mol. The molecule has 8 heteroatoms. The van der Waals surface area contributed by atoms with Gasteiger partial charge in [-0.25, -0.2) is 4.98 Å². The highest BCUT2D eigenvalue weighted by Crippen LogP contribution is 2.35. The lowest BCUT2D eigenvalue weighted by Crippen LogP contribution is -2.50. The van der Waals surface area contributed by atoms with Crippen LogP contribution in [0.4, 0.5) is 17.3 Å². The Kier molecular flexibility index (Phi) is 6.82. The fourth-order valence-electron chi connectivity index (χ4n) is 7.88. The van der Waals surface area contributed by atoms with Crippen molar-refractivity contribution in [1.82, 2.24) is 19.4 Å². The summed E-state index contributed by atoms with van der Waals surface area (Å²) in [7, 11) is 0.